The summed E-state index contributed by atoms with van der Waals surface area (Å²) < 4.78 is 0. The molecule has 1 aromatic rings. The van der Waals surface area contributed by atoms with Gasteiger partial charge in [-0.1, -0.05) is 44.2 Å². The summed E-state index contributed by atoms with van der Waals surface area (Å²) >= 11 is 0. The van der Waals surface area contributed by atoms with Crippen LogP contribution in [0, 0.1) is 10.8 Å². The number of Topliss-reactive ketones (excluding diaryl/α,β-unsaturated/α-hetero) is 2. The van der Waals surface area contributed by atoms with Crippen molar-refractivity contribution in [3.8, 4) is 0 Å². The van der Waals surface area contributed by atoms with Crippen molar-refractivity contribution in [2.75, 3.05) is 0 Å². The summed E-state index contributed by atoms with van der Waals surface area (Å²) in [5, 5.41) is 0. The predicted molar refractivity (Wildman–Crippen MR) is 75.9 cm³/mol. The van der Waals surface area contributed by atoms with Crippen molar-refractivity contribution >= 4 is 11.6 Å². The van der Waals surface area contributed by atoms with Crippen LogP contribution in [0.2, 0.25) is 0 Å². The minimum absolute atomic E-state index is 0.115. The molecule has 0 atom stereocenters. The lowest BCUT2D eigenvalue weighted by Crippen LogP contribution is -2.46. The summed E-state index contributed by atoms with van der Waals surface area (Å²) in [6.07, 6.45) is 2.45. The lowest BCUT2D eigenvalue weighted by Gasteiger charge is -2.38. The monoisotopic (exact) mass is 258 g/mol. The highest BCUT2D eigenvalue weighted by Gasteiger charge is 2.47. The van der Waals surface area contributed by atoms with Crippen LogP contribution in [0.4, 0.5) is 0 Å². The fraction of sp³-hybridized carbons (Fsp3) is 0.529. The Kier molecular flexibility index (Phi) is 3.62. The quantitative estimate of drug-likeness (QED) is 0.776. The summed E-state index contributed by atoms with van der Waals surface area (Å²) in [6, 6.07) is 10.1. The first-order valence-electron chi connectivity index (χ1n) is 6.94. The molecule has 1 aromatic carbocycles. The van der Waals surface area contributed by atoms with Crippen molar-refractivity contribution < 1.29 is 9.59 Å². The number of carbonyl (C=O) groups is 2. The van der Waals surface area contributed by atoms with Crippen LogP contribution in [0.5, 0.6) is 0 Å². The van der Waals surface area contributed by atoms with Crippen LogP contribution in [-0.2, 0) is 16.0 Å². The largest absolute Gasteiger partial charge is 0.299 e. The van der Waals surface area contributed by atoms with E-state index in [9.17, 15) is 9.59 Å². The van der Waals surface area contributed by atoms with E-state index in [2.05, 4.69) is 0 Å². The zero-order chi connectivity index (χ0) is 14.1. The SMILES string of the molecule is CC1(C)CC(=O)C(C)(CCc2ccccc2)C(=O)C1. The maximum Gasteiger partial charge on any atom is 0.146 e. The van der Waals surface area contributed by atoms with Crippen molar-refractivity contribution in [2.24, 2.45) is 10.8 Å². The van der Waals surface area contributed by atoms with Gasteiger partial charge in [0.25, 0.3) is 0 Å². The van der Waals surface area contributed by atoms with Gasteiger partial charge >= 0.3 is 0 Å². The topological polar surface area (TPSA) is 34.1 Å². The van der Waals surface area contributed by atoms with E-state index in [0.29, 0.717) is 19.3 Å². The normalized spacial score (nSPS) is 21.4. The second-order valence-corrected chi connectivity index (χ2v) is 6.68. The Labute approximate surface area is 115 Å². The van der Waals surface area contributed by atoms with Gasteiger partial charge in [0.05, 0.1) is 5.41 Å². The number of hydrogen-bond acceptors (Lipinski definition) is 2. The Morgan fingerprint density at radius 3 is 2.00 bits per heavy atom. The number of benzene rings is 1. The summed E-state index contributed by atoms with van der Waals surface area (Å²) in [6.45, 7) is 5.83. The third-order valence-corrected chi connectivity index (χ3v) is 4.27. The molecule has 2 nitrogen and oxygen atoms in total. The highest BCUT2D eigenvalue weighted by atomic mass is 16.2. The lowest BCUT2D eigenvalue weighted by molar-refractivity contribution is -0.147. The first kappa shape index (κ1) is 14.0. The van der Waals surface area contributed by atoms with Crippen LogP contribution in [0.15, 0.2) is 30.3 Å². The van der Waals surface area contributed by atoms with Crippen molar-refractivity contribution in [3.63, 3.8) is 0 Å². The van der Waals surface area contributed by atoms with Gasteiger partial charge in [-0.3, -0.25) is 9.59 Å². The third-order valence-electron chi connectivity index (χ3n) is 4.27. The molecular weight excluding hydrogens is 236 g/mol. The molecule has 2 rings (SSSR count). The number of rotatable bonds is 3. The van der Waals surface area contributed by atoms with Crippen molar-refractivity contribution in [3.05, 3.63) is 35.9 Å². The van der Waals surface area contributed by atoms with E-state index in [4.69, 9.17) is 0 Å². The molecule has 2 heteroatoms. The van der Waals surface area contributed by atoms with Crippen LogP contribution in [0.1, 0.15) is 45.6 Å². The van der Waals surface area contributed by atoms with Gasteiger partial charge in [-0.2, -0.15) is 0 Å². The van der Waals surface area contributed by atoms with Crippen molar-refractivity contribution in [1.29, 1.82) is 0 Å². The van der Waals surface area contributed by atoms with E-state index >= 15 is 0 Å². The Balaban J connectivity index is 2.10. The smallest absolute Gasteiger partial charge is 0.146 e. The Hall–Kier alpha value is -1.44. The van der Waals surface area contributed by atoms with Gasteiger partial charge in [0, 0.05) is 12.8 Å². The molecule has 102 valence electrons. The molecule has 1 aliphatic carbocycles. The molecule has 0 saturated heterocycles. The molecule has 0 spiro atoms. The molecule has 1 fully saturated rings. The molecular formula is C17H22O2. The van der Waals surface area contributed by atoms with E-state index < -0.39 is 5.41 Å². The highest BCUT2D eigenvalue weighted by Crippen LogP contribution is 2.42. The fourth-order valence-electron chi connectivity index (χ4n) is 2.80. The average molecular weight is 258 g/mol. The van der Waals surface area contributed by atoms with Crippen molar-refractivity contribution in [2.45, 2.75) is 46.5 Å². The van der Waals surface area contributed by atoms with E-state index in [1.807, 2.05) is 51.1 Å². The highest BCUT2D eigenvalue weighted by molar-refractivity contribution is 6.09. The maximum absolute atomic E-state index is 12.3. The number of hydrogen-bond donors (Lipinski definition) is 0. The number of aryl methyl sites for hydroxylation is 1. The second kappa shape index (κ2) is 4.92. The minimum Gasteiger partial charge on any atom is -0.299 e. The average Bonchev–Trinajstić information content (AvgIpc) is 2.34. The van der Waals surface area contributed by atoms with Gasteiger partial charge in [0.1, 0.15) is 11.6 Å². The van der Waals surface area contributed by atoms with Gasteiger partial charge in [-0.15, -0.1) is 0 Å². The molecule has 1 saturated carbocycles. The maximum atomic E-state index is 12.3. The standard InChI is InChI=1S/C17H22O2/c1-16(2)11-14(18)17(3,15(19)12-16)10-9-13-7-5-4-6-8-13/h4-8H,9-12H2,1-3H3. The molecule has 19 heavy (non-hydrogen) atoms. The molecule has 0 unspecified atom stereocenters. The van der Waals surface area contributed by atoms with Crippen LogP contribution in [0.3, 0.4) is 0 Å². The van der Waals surface area contributed by atoms with Crippen LogP contribution >= 0.6 is 0 Å². The first-order chi connectivity index (χ1) is 8.83. The fourth-order valence-corrected chi connectivity index (χ4v) is 2.80. The molecule has 0 aromatic heterocycles. The van der Waals surface area contributed by atoms with E-state index in [1.165, 1.54) is 5.56 Å². The van der Waals surface area contributed by atoms with Gasteiger partial charge < -0.3 is 0 Å². The minimum atomic E-state index is -0.772. The van der Waals surface area contributed by atoms with Crippen LogP contribution in [0.25, 0.3) is 0 Å². The van der Waals surface area contributed by atoms with E-state index in [1.54, 1.807) is 0 Å². The van der Waals surface area contributed by atoms with Crippen LogP contribution in [-0.4, -0.2) is 11.6 Å². The molecule has 0 heterocycles. The van der Waals surface area contributed by atoms with Crippen LogP contribution < -0.4 is 0 Å². The summed E-state index contributed by atoms with van der Waals surface area (Å²) in [5.41, 5.74) is 0.250. The van der Waals surface area contributed by atoms with E-state index in [0.717, 1.165) is 6.42 Å². The summed E-state index contributed by atoms with van der Waals surface area (Å²) in [7, 11) is 0. The molecule has 1 aliphatic rings. The zero-order valence-corrected chi connectivity index (χ0v) is 12.0. The molecule has 0 aliphatic heterocycles. The molecule has 0 radical (unpaired) electrons. The summed E-state index contributed by atoms with van der Waals surface area (Å²) in [4.78, 5) is 24.7. The van der Waals surface area contributed by atoms with Gasteiger partial charge in [-0.25, -0.2) is 0 Å². The van der Waals surface area contributed by atoms with Gasteiger partial charge in [-0.05, 0) is 30.7 Å². The summed E-state index contributed by atoms with van der Waals surface area (Å²) in [5.74, 6) is 0.231. The first-order valence-corrected chi connectivity index (χ1v) is 6.94. The lowest BCUT2D eigenvalue weighted by atomic mass is 9.62. The molecule has 0 amide bonds. The van der Waals surface area contributed by atoms with E-state index in [-0.39, 0.29) is 17.0 Å². The molecule has 0 bridgehead atoms. The Morgan fingerprint density at radius 2 is 1.47 bits per heavy atom. The van der Waals surface area contributed by atoms with Gasteiger partial charge in [0.2, 0.25) is 0 Å². The third kappa shape index (κ3) is 2.94. The number of carbonyl (C=O) groups excluding carboxylic acids is 2. The number of ketones is 2. The second-order valence-electron chi connectivity index (χ2n) is 6.68. The molecule has 0 N–H and O–H groups in total. The zero-order valence-electron chi connectivity index (χ0n) is 12.0. The predicted octanol–water partition coefficient (Wildman–Crippen LogP) is 3.58. The Morgan fingerprint density at radius 1 is 0.947 bits per heavy atom. The van der Waals surface area contributed by atoms with Gasteiger partial charge in [0.15, 0.2) is 0 Å². The van der Waals surface area contributed by atoms with Crippen molar-refractivity contribution in [1.82, 2.24) is 0 Å². The Bertz CT molecular complexity index is 465.